The number of carbonyl (C=O) groups is 2. The lowest BCUT2D eigenvalue weighted by molar-refractivity contribution is -0.123. The zero-order chi connectivity index (χ0) is 21.5. The Kier molecular flexibility index (Phi) is 7.02. The predicted octanol–water partition coefficient (Wildman–Crippen LogP) is 4.67. The van der Waals surface area contributed by atoms with E-state index >= 15 is 0 Å². The number of benzene rings is 3. The lowest BCUT2D eigenvalue weighted by Crippen LogP contribution is -2.42. The Morgan fingerprint density at radius 3 is 2.27 bits per heavy atom. The molecule has 0 bridgehead atoms. The van der Waals surface area contributed by atoms with Gasteiger partial charge in [-0.25, -0.2) is 0 Å². The maximum atomic E-state index is 13.6. The van der Waals surface area contributed by atoms with E-state index in [0.717, 1.165) is 23.2 Å². The number of rotatable bonds is 8. The summed E-state index contributed by atoms with van der Waals surface area (Å²) in [6.45, 7) is 6.68. The molecule has 0 fully saturated rings. The summed E-state index contributed by atoms with van der Waals surface area (Å²) in [4.78, 5) is 26.7. The molecule has 4 nitrogen and oxygen atoms in total. The van der Waals surface area contributed by atoms with Crippen molar-refractivity contribution in [3.63, 3.8) is 0 Å². The fourth-order valence-corrected chi connectivity index (χ4v) is 3.44. The first-order valence-electron chi connectivity index (χ1n) is 10.2. The second kappa shape index (κ2) is 9.88. The quantitative estimate of drug-likeness (QED) is 0.559. The van der Waals surface area contributed by atoms with Crippen LogP contribution in [0.3, 0.4) is 0 Å². The summed E-state index contributed by atoms with van der Waals surface area (Å²) in [6.07, 6.45) is 1.32. The largest absolute Gasteiger partial charge is 0.343 e. The summed E-state index contributed by atoms with van der Waals surface area (Å²) in [5, 5.41) is 2.71. The van der Waals surface area contributed by atoms with Crippen molar-refractivity contribution in [2.24, 2.45) is 0 Å². The molecule has 0 radical (unpaired) electrons. The van der Waals surface area contributed by atoms with E-state index in [9.17, 15) is 9.59 Å². The summed E-state index contributed by atoms with van der Waals surface area (Å²) >= 11 is 0. The molecule has 0 saturated carbocycles. The summed E-state index contributed by atoms with van der Waals surface area (Å²) < 4.78 is 0. The van der Waals surface area contributed by atoms with Gasteiger partial charge in [0.15, 0.2) is 0 Å². The number of carbonyl (C=O) groups excluding carboxylic acids is 2. The first kappa shape index (κ1) is 21.3. The maximum absolute atomic E-state index is 13.6. The first-order chi connectivity index (χ1) is 14.5. The fourth-order valence-electron chi connectivity index (χ4n) is 3.44. The van der Waals surface area contributed by atoms with Gasteiger partial charge < -0.3 is 10.2 Å². The Hall–Kier alpha value is -3.40. The Morgan fingerprint density at radius 2 is 1.63 bits per heavy atom. The minimum atomic E-state index is -0.733. The van der Waals surface area contributed by atoms with Gasteiger partial charge in [-0.05, 0) is 61.6 Å². The number of aryl methyl sites for hydroxylation is 3. The molecule has 3 aromatic carbocycles. The molecule has 1 N–H and O–H groups in total. The molecule has 2 amide bonds. The number of nitrogens with one attached hydrogen (secondary N) is 1. The Balaban J connectivity index is 1.93. The molecule has 0 aliphatic heterocycles. The third-order valence-electron chi connectivity index (χ3n) is 5.43. The lowest BCUT2D eigenvalue weighted by atomic mass is 10.0. The van der Waals surface area contributed by atoms with Gasteiger partial charge in [-0.1, -0.05) is 66.2 Å². The molecule has 0 aliphatic carbocycles. The summed E-state index contributed by atoms with van der Waals surface area (Å²) in [6, 6.07) is 23.0. The molecule has 1 atom stereocenters. The maximum Gasteiger partial charge on any atom is 0.254 e. The Labute approximate surface area is 178 Å². The van der Waals surface area contributed by atoms with Crippen LogP contribution in [0.4, 0.5) is 5.69 Å². The van der Waals surface area contributed by atoms with Crippen LogP contribution in [0.1, 0.15) is 33.9 Å². The molecule has 3 aromatic rings. The second-order valence-corrected chi connectivity index (χ2v) is 7.62. The van der Waals surface area contributed by atoms with Crippen molar-refractivity contribution in [3.8, 4) is 0 Å². The summed E-state index contributed by atoms with van der Waals surface area (Å²) in [5.41, 5.74) is 6.28. The van der Waals surface area contributed by atoms with Crippen LogP contribution in [0.15, 0.2) is 72.8 Å². The van der Waals surface area contributed by atoms with E-state index < -0.39 is 6.04 Å². The highest BCUT2D eigenvalue weighted by molar-refractivity contribution is 5.98. The van der Waals surface area contributed by atoms with Crippen molar-refractivity contribution >= 4 is 18.0 Å². The summed E-state index contributed by atoms with van der Waals surface area (Å²) in [7, 11) is 0. The highest BCUT2D eigenvalue weighted by atomic mass is 16.2. The molecule has 30 heavy (non-hydrogen) atoms. The summed E-state index contributed by atoms with van der Waals surface area (Å²) in [5.74, 6) is -0.149. The molecule has 154 valence electrons. The number of amides is 2. The topological polar surface area (TPSA) is 49.4 Å². The van der Waals surface area contributed by atoms with Crippen LogP contribution in [0.2, 0.25) is 0 Å². The molecule has 1 unspecified atom stereocenters. The van der Waals surface area contributed by atoms with Gasteiger partial charge in [0.05, 0.1) is 0 Å². The van der Waals surface area contributed by atoms with Gasteiger partial charge in [0.2, 0.25) is 6.41 Å². The molecule has 3 rings (SSSR count). The van der Waals surface area contributed by atoms with Gasteiger partial charge in [-0.15, -0.1) is 0 Å². The van der Waals surface area contributed by atoms with Crippen LogP contribution in [-0.2, 0) is 16.0 Å². The third-order valence-corrected chi connectivity index (χ3v) is 5.43. The normalized spacial score (nSPS) is 11.6. The number of nitrogens with zero attached hydrogens (tertiary/aromatic N) is 1. The third kappa shape index (κ3) is 5.15. The van der Waals surface area contributed by atoms with Crippen LogP contribution in [0.5, 0.6) is 0 Å². The molecule has 4 heteroatoms. The van der Waals surface area contributed by atoms with E-state index in [1.807, 2.05) is 55.5 Å². The van der Waals surface area contributed by atoms with Gasteiger partial charge in [-0.3, -0.25) is 9.59 Å². The minimum Gasteiger partial charge on any atom is -0.343 e. The molecule has 0 heterocycles. The molecule has 0 saturated heterocycles. The Bertz CT molecular complexity index is 997. The van der Waals surface area contributed by atoms with Crippen LogP contribution in [0, 0.1) is 20.8 Å². The van der Waals surface area contributed by atoms with Crippen LogP contribution >= 0.6 is 0 Å². The molecule has 0 aliphatic rings. The minimum absolute atomic E-state index is 0.149. The number of hydrogen-bond donors (Lipinski definition) is 1. The van der Waals surface area contributed by atoms with Crippen LogP contribution < -0.4 is 10.2 Å². The van der Waals surface area contributed by atoms with Crippen LogP contribution in [-0.4, -0.2) is 18.9 Å². The number of hydrogen-bond acceptors (Lipinski definition) is 2. The van der Waals surface area contributed by atoms with Gasteiger partial charge in [0.1, 0.15) is 6.04 Å². The van der Waals surface area contributed by atoms with Crippen LogP contribution in [0.25, 0.3) is 0 Å². The van der Waals surface area contributed by atoms with Crippen molar-refractivity contribution < 1.29 is 9.59 Å². The number of anilines is 1. The average Bonchev–Trinajstić information content (AvgIpc) is 2.76. The molecular formula is C26H28N2O2. The van der Waals surface area contributed by atoms with Gasteiger partial charge in [0.25, 0.3) is 5.91 Å². The van der Waals surface area contributed by atoms with E-state index in [-0.39, 0.29) is 5.91 Å². The standard InChI is InChI=1S/C26H28N2O2/c1-19-9-12-22(13-10-19)15-16-28(24-14-11-20(2)21(3)17-24)26(30)25(27-18-29)23-7-5-4-6-8-23/h4-14,17-18,25H,15-16H2,1-3H3,(H,27,29). The first-order valence-corrected chi connectivity index (χ1v) is 10.2. The zero-order valence-corrected chi connectivity index (χ0v) is 17.8. The van der Waals surface area contributed by atoms with Crippen molar-refractivity contribution in [2.45, 2.75) is 33.2 Å². The Morgan fingerprint density at radius 1 is 0.933 bits per heavy atom. The molecule has 0 aromatic heterocycles. The second-order valence-electron chi connectivity index (χ2n) is 7.62. The lowest BCUT2D eigenvalue weighted by Gasteiger charge is -2.28. The highest BCUT2D eigenvalue weighted by Gasteiger charge is 2.26. The van der Waals surface area contributed by atoms with E-state index in [0.29, 0.717) is 13.0 Å². The highest BCUT2D eigenvalue weighted by Crippen LogP contribution is 2.24. The van der Waals surface area contributed by atoms with E-state index in [1.165, 1.54) is 16.7 Å². The van der Waals surface area contributed by atoms with Gasteiger partial charge >= 0.3 is 0 Å². The van der Waals surface area contributed by atoms with Crippen molar-refractivity contribution in [1.82, 2.24) is 5.32 Å². The van der Waals surface area contributed by atoms with E-state index in [1.54, 1.807) is 4.90 Å². The van der Waals surface area contributed by atoms with Crippen molar-refractivity contribution in [1.29, 1.82) is 0 Å². The zero-order valence-electron chi connectivity index (χ0n) is 17.8. The van der Waals surface area contributed by atoms with Crippen molar-refractivity contribution in [3.05, 3.63) is 101 Å². The smallest absolute Gasteiger partial charge is 0.254 e. The van der Waals surface area contributed by atoms with Crippen molar-refractivity contribution in [2.75, 3.05) is 11.4 Å². The van der Waals surface area contributed by atoms with Gasteiger partial charge in [-0.2, -0.15) is 0 Å². The molecular weight excluding hydrogens is 372 g/mol. The van der Waals surface area contributed by atoms with E-state index in [2.05, 4.69) is 43.4 Å². The molecule has 0 spiro atoms. The fraction of sp³-hybridized carbons (Fsp3) is 0.231. The monoisotopic (exact) mass is 400 g/mol. The average molecular weight is 401 g/mol. The van der Waals surface area contributed by atoms with E-state index in [4.69, 9.17) is 0 Å². The SMILES string of the molecule is Cc1ccc(CCN(C(=O)C(NC=O)c2ccccc2)c2ccc(C)c(C)c2)cc1. The predicted molar refractivity (Wildman–Crippen MR) is 122 cm³/mol. The van der Waals surface area contributed by atoms with Gasteiger partial charge in [0, 0.05) is 12.2 Å².